The number of hydrogen-bond donors (Lipinski definition) is 2. The van der Waals surface area contributed by atoms with E-state index in [0.717, 1.165) is 4.90 Å². The topological polar surface area (TPSA) is 95.9 Å². The molecule has 8 heteroatoms. The Morgan fingerprint density at radius 1 is 1.35 bits per heavy atom. The van der Waals surface area contributed by atoms with Gasteiger partial charge < -0.3 is 15.2 Å². The Hall–Kier alpha value is -2.28. The predicted molar refractivity (Wildman–Crippen MR) is 68.3 cm³/mol. The molecule has 0 aromatic heterocycles. The maximum absolute atomic E-state index is 11.9. The van der Waals surface area contributed by atoms with Crippen LogP contribution in [0.5, 0.6) is 5.75 Å². The van der Waals surface area contributed by atoms with Gasteiger partial charge in [-0.3, -0.25) is 4.79 Å². The van der Waals surface area contributed by atoms with Crippen LogP contribution in [0.25, 0.3) is 0 Å². The molecule has 1 aromatic carbocycles. The molecule has 2 N–H and O–H groups in total. The third-order valence-electron chi connectivity index (χ3n) is 2.73. The second kappa shape index (κ2) is 5.79. The highest BCUT2D eigenvalue weighted by molar-refractivity contribution is 6.64. The first-order chi connectivity index (χ1) is 9.49. The van der Waals surface area contributed by atoms with Crippen molar-refractivity contribution >= 4 is 29.0 Å². The molecule has 20 heavy (non-hydrogen) atoms. The molecular weight excluding hydrogens is 288 g/mol. The summed E-state index contributed by atoms with van der Waals surface area (Å²) in [7, 11) is 0. The molecule has 1 saturated heterocycles. The van der Waals surface area contributed by atoms with Gasteiger partial charge >= 0.3 is 12.1 Å². The molecule has 1 atom stereocenters. The minimum Gasteiger partial charge on any atom is -0.508 e. The number of imide groups is 1. The van der Waals surface area contributed by atoms with Gasteiger partial charge in [0, 0.05) is 0 Å². The van der Waals surface area contributed by atoms with Crippen LogP contribution in [-0.4, -0.2) is 40.5 Å². The maximum atomic E-state index is 11.9. The number of halogens is 1. The number of phenols is 1. The summed E-state index contributed by atoms with van der Waals surface area (Å²) in [5.74, 6) is 0.0176. The summed E-state index contributed by atoms with van der Waals surface area (Å²) >= 11 is 5.45. The van der Waals surface area contributed by atoms with Crippen molar-refractivity contribution in [1.29, 1.82) is 0 Å². The highest BCUT2D eigenvalue weighted by atomic mass is 35.5. The fraction of sp³-hybridized carbons (Fsp3) is 0.250. The van der Waals surface area contributed by atoms with Crippen molar-refractivity contribution in [3.8, 4) is 5.75 Å². The fourth-order valence-corrected chi connectivity index (χ4v) is 1.90. The number of phenolic OH excluding ortho intramolecular Hbond substituents is 1. The van der Waals surface area contributed by atoms with Gasteiger partial charge in [-0.1, -0.05) is 12.1 Å². The Kier molecular flexibility index (Phi) is 4.09. The van der Waals surface area contributed by atoms with E-state index in [4.69, 9.17) is 11.6 Å². The number of carbonyl (C=O) groups is 3. The Bertz CT molecular complexity index is 545. The molecule has 0 bridgehead atoms. The van der Waals surface area contributed by atoms with Gasteiger partial charge in [0.05, 0.1) is 6.54 Å². The smallest absolute Gasteiger partial charge is 0.418 e. The van der Waals surface area contributed by atoms with Crippen molar-refractivity contribution in [2.24, 2.45) is 0 Å². The third kappa shape index (κ3) is 3.00. The number of benzene rings is 1. The van der Waals surface area contributed by atoms with Crippen molar-refractivity contribution in [3.05, 3.63) is 29.8 Å². The van der Waals surface area contributed by atoms with Crippen LogP contribution < -0.4 is 5.32 Å². The van der Waals surface area contributed by atoms with E-state index in [9.17, 15) is 19.5 Å². The van der Waals surface area contributed by atoms with E-state index < -0.39 is 23.4 Å². The molecule has 0 aliphatic carbocycles. The molecule has 1 heterocycles. The van der Waals surface area contributed by atoms with Crippen LogP contribution in [-0.2, 0) is 9.53 Å². The number of aromatic hydroxyl groups is 1. The molecule has 1 aromatic rings. The fourth-order valence-electron chi connectivity index (χ4n) is 1.72. The molecule has 0 saturated carbocycles. The molecule has 7 nitrogen and oxygen atoms in total. The predicted octanol–water partition coefficient (Wildman–Crippen LogP) is 1.36. The molecule has 1 unspecified atom stereocenters. The van der Waals surface area contributed by atoms with Gasteiger partial charge in [0.25, 0.3) is 0 Å². The number of nitrogens with one attached hydrogen (secondary N) is 1. The highest BCUT2D eigenvalue weighted by Gasteiger charge is 2.31. The van der Waals surface area contributed by atoms with Gasteiger partial charge in [-0.25, -0.2) is 14.5 Å². The van der Waals surface area contributed by atoms with Gasteiger partial charge in [0.1, 0.15) is 18.4 Å². The standard InChI is InChI=1S/C12H11ClN2O5/c13-10(17)9(7-1-3-8(16)4-2-7)14-11(18)15-5-6-20-12(15)19/h1-4,9,16H,5-6H2,(H,14,18). The second-order valence-corrected chi connectivity index (χ2v) is 4.42. The van der Waals surface area contributed by atoms with Crippen molar-refractivity contribution in [1.82, 2.24) is 10.2 Å². The molecule has 106 valence electrons. The average Bonchev–Trinajstić information content (AvgIpc) is 2.83. The SMILES string of the molecule is O=C(Cl)C(NC(=O)N1CCOC1=O)c1ccc(O)cc1. The van der Waals surface area contributed by atoms with E-state index in [1.54, 1.807) is 0 Å². The first-order valence-electron chi connectivity index (χ1n) is 5.72. The summed E-state index contributed by atoms with van der Waals surface area (Å²) in [6.45, 7) is 0.231. The molecule has 0 spiro atoms. The monoisotopic (exact) mass is 298 g/mol. The zero-order chi connectivity index (χ0) is 14.7. The molecular formula is C12H11ClN2O5. The quantitative estimate of drug-likeness (QED) is 0.821. The summed E-state index contributed by atoms with van der Waals surface area (Å²) in [5, 5.41) is 10.7. The van der Waals surface area contributed by atoms with Gasteiger partial charge in [-0.15, -0.1) is 0 Å². The van der Waals surface area contributed by atoms with Crippen LogP contribution in [0.1, 0.15) is 11.6 Å². The number of ether oxygens (including phenoxy) is 1. The Morgan fingerprint density at radius 3 is 2.50 bits per heavy atom. The zero-order valence-corrected chi connectivity index (χ0v) is 11.0. The lowest BCUT2D eigenvalue weighted by Crippen LogP contribution is -2.43. The molecule has 1 aliphatic heterocycles. The maximum Gasteiger partial charge on any atom is 0.418 e. The largest absolute Gasteiger partial charge is 0.508 e. The van der Waals surface area contributed by atoms with Crippen LogP contribution in [0.15, 0.2) is 24.3 Å². The molecule has 1 fully saturated rings. The van der Waals surface area contributed by atoms with Crippen molar-refractivity contribution in [2.75, 3.05) is 13.2 Å². The lowest BCUT2D eigenvalue weighted by atomic mass is 10.1. The van der Waals surface area contributed by atoms with Gasteiger partial charge in [-0.2, -0.15) is 0 Å². The van der Waals surface area contributed by atoms with Crippen LogP contribution in [0.3, 0.4) is 0 Å². The first-order valence-corrected chi connectivity index (χ1v) is 6.10. The lowest BCUT2D eigenvalue weighted by molar-refractivity contribution is -0.113. The number of urea groups is 1. The molecule has 3 amide bonds. The molecule has 0 radical (unpaired) electrons. The lowest BCUT2D eigenvalue weighted by Gasteiger charge is -2.18. The van der Waals surface area contributed by atoms with Crippen molar-refractivity contribution < 1.29 is 24.2 Å². The summed E-state index contributed by atoms with van der Waals surface area (Å²) in [6.07, 6.45) is -0.769. The number of nitrogens with zero attached hydrogens (tertiary/aromatic N) is 1. The summed E-state index contributed by atoms with van der Waals surface area (Å²) < 4.78 is 4.63. The van der Waals surface area contributed by atoms with Gasteiger partial charge in [0.15, 0.2) is 0 Å². The minimum absolute atomic E-state index is 0.0176. The van der Waals surface area contributed by atoms with E-state index in [0.29, 0.717) is 5.56 Å². The van der Waals surface area contributed by atoms with Crippen LogP contribution in [0.2, 0.25) is 0 Å². The minimum atomic E-state index is -1.11. The number of rotatable bonds is 3. The number of amides is 3. The third-order valence-corrected chi connectivity index (χ3v) is 2.95. The average molecular weight is 299 g/mol. The van der Waals surface area contributed by atoms with E-state index in [-0.39, 0.29) is 18.9 Å². The first kappa shape index (κ1) is 14.1. The number of cyclic esters (lactones) is 1. The van der Waals surface area contributed by atoms with E-state index in [1.165, 1.54) is 24.3 Å². The normalized spacial score (nSPS) is 15.7. The van der Waals surface area contributed by atoms with Crippen molar-refractivity contribution in [3.63, 3.8) is 0 Å². The molecule has 1 aliphatic rings. The van der Waals surface area contributed by atoms with Crippen LogP contribution >= 0.6 is 11.6 Å². The molecule has 2 rings (SSSR count). The number of carbonyl (C=O) groups excluding carboxylic acids is 3. The number of hydrogen-bond acceptors (Lipinski definition) is 5. The highest BCUT2D eigenvalue weighted by Crippen LogP contribution is 2.20. The van der Waals surface area contributed by atoms with Crippen LogP contribution in [0.4, 0.5) is 9.59 Å². The zero-order valence-electron chi connectivity index (χ0n) is 10.2. The van der Waals surface area contributed by atoms with E-state index in [2.05, 4.69) is 10.1 Å². The Labute approximate surface area is 119 Å². The Morgan fingerprint density at radius 2 is 2.00 bits per heavy atom. The van der Waals surface area contributed by atoms with E-state index >= 15 is 0 Å². The van der Waals surface area contributed by atoms with Gasteiger partial charge in [-0.05, 0) is 29.3 Å². The van der Waals surface area contributed by atoms with Crippen LogP contribution in [0, 0.1) is 0 Å². The summed E-state index contributed by atoms with van der Waals surface area (Å²) in [4.78, 5) is 35.4. The summed E-state index contributed by atoms with van der Waals surface area (Å²) in [6, 6.07) is 3.74. The van der Waals surface area contributed by atoms with Crippen molar-refractivity contribution in [2.45, 2.75) is 6.04 Å². The van der Waals surface area contributed by atoms with E-state index in [1.807, 2.05) is 0 Å². The summed E-state index contributed by atoms with van der Waals surface area (Å²) in [5.41, 5.74) is 0.392. The van der Waals surface area contributed by atoms with Gasteiger partial charge in [0.2, 0.25) is 5.24 Å². The second-order valence-electron chi connectivity index (χ2n) is 4.04. The Balaban J connectivity index is 2.13.